The maximum atomic E-state index is 11.0. The summed E-state index contributed by atoms with van der Waals surface area (Å²) in [6.07, 6.45) is 6.09. The van der Waals surface area contributed by atoms with Crippen LogP contribution in [0, 0.1) is 0 Å². The maximum absolute atomic E-state index is 11.0. The van der Waals surface area contributed by atoms with Crippen molar-refractivity contribution in [2.24, 2.45) is 7.05 Å². The van der Waals surface area contributed by atoms with Crippen LogP contribution in [-0.2, 0) is 7.05 Å². The Morgan fingerprint density at radius 3 is 2.71 bits per heavy atom. The lowest BCUT2D eigenvalue weighted by atomic mass is 9.98. The summed E-state index contributed by atoms with van der Waals surface area (Å²) in [6, 6.07) is 0.405. The Morgan fingerprint density at radius 2 is 2.14 bits per heavy atom. The number of aromatic nitrogens is 3. The van der Waals surface area contributed by atoms with Gasteiger partial charge < -0.3 is 4.74 Å². The van der Waals surface area contributed by atoms with Crippen molar-refractivity contribution in [2.75, 3.05) is 0 Å². The van der Waals surface area contributed by atoms with E-state index in [1.807, 2.05) is 0 Å². The molecule has 1 saturated carbocycles. The highest BCUT2D eigenvalue weighted by Gasteiger charge is 2.17. The van der Waals surface area contributed by atoms with Crippen molar-refractivity contribution in [1.29, 1.82) is 0 Å². The van der Waals surface area contributed by atoms with Gasteiger partial charge in [-0.2, -0.15) is 0 Å². The Kier molecular flexibility index (Phi) is 2.56. The molecule has 0 amide bonds. The van der Waals surface area contributed by atoms with Gasteiger partial charge in [-0.3, -0.25) is 0 Å². The molecule has 0 unspecified atom stereocenters. The van der Waals surface area contributed by atoms with Crippen LogP contribution in [0.1, 0.15) is 32.1 Å². The molecule has 0 saturated heterocycles. The summed E-state index contributed by atoms with van der Waals surface area (Å²) in [7, 11) is 1.66. The van der Waals surface area contributed by atoms with Crippen molar-refractivity contribution in [3.05, 3.63) is 10.5 Å². The molecule has 1 aromatic rings. The molecule has 1 aliphatic carbocycles. The third-order valence-corrected chi connectivity index (χ3v) is 2.66. The molecular formula is C9H15N3O2. The fourth-order valence-electron chi connectivity index (χ4n) is 1.77. The second kappa shape index (κ2) is 3.86. The Morgan fingerprint density at radius 1 is 1.43 bits per heavy atom. The highest BCUT2D eigenvalue weighted by atomic mass is 16.5. The quantitative estimate of drug-likeness (QED) is 0.763. The Balaban J connectivity index is 2.02. The molecule has 1 aromatic heterocycles. The van der Waals surface area contributed by atoms with Gasteiger partial charge in [-0.15, -0.1) is 5.10 Å². The molecule has 1 heterocycles. The largest absolute Gasteiger partial charge is 0.460 e. The number of H-pyrrole nitrogens is 1. The number of rotatable bonds is 2. The van der Waals surface area contributed by atoms with E-state index in [9.17, 15) is 4.79 Å². The van der Waals surface area contributed by atoms with Crippen molar-refractivity contribution in [3.8, 4) is 6.01 Å². The molecule has 0 radical (unpaired) electrons. The zero-order chi connectivity index (χ0) is 9.97. The van der Waals surface area contributed by atoms with Crippen LogP contribution in [0.4, 0.5) is 0 Å². The first-order valence-electron chi connectivity index (χ1n) is 5.05. The summed E-state index contributed by atoms with van der Waals surface area (Å²) in [4.78, 5) is 11.0. The topological polar surface area (TPSA) is 59.9 Å². The van der Waals surface area contributed by atoms with E-state index in [-0.39, 0.29) is 11.8 Å². The van der Waals surface area contributed by atoms with Gasteiger partial charge in [-0.1, -0.05) is 6.42 Å². The van der Waals surface area contributed by atoms with Gasteiger partial charge in [-0.25, -0.2) is 14.5 Å². The lowest BCUT2D eigenvalue weighted by Crippen LogP contribution is -2.22. The predicted octanol–water partition coefficient (Wildman–Crippen LogP) is 0.820. The van der Waals surface area contributed by atoms with Crippen molar-refractivity contribution in [1.82, 2.24) is 14.8 Å². The van der Waals surface area contributed by atoms with Crippen LogP contribution in [0.25, 0.3) is 0 Å². The van der Waals surface area contributed by atoms with Gasteiger partial charge in [0.05, 0.1) is 0 Å². The second-order valence-electron chi connectivity index (χ2n) is 3.75. The maximum Gasteiger partial charge on any atom is 0.345 e. The highest BCUT2D eigenvalue weighted by Crippen LogP contribution is 2.21. The fraction of sp³-hybridized carbons (Fsp3) is 0.778. The van der Waals surface area contributed by atoms with Gasteiger partial charge in [0.15, 0.2) is 0 Å². The average Bonchev–Trinajstić information content (AvgIpc) is 2.52. The van der Waals surface area contributed by atoms with Gasteiger partial charge in [0, 0.05) is 7.05 Å². The Bertz CT molecular complexity index is 349. The summed E-state index contributed by atoms with van der Waals surface area (Å²) in [5.74, 6) is 0. The number of hydrogen-bond acceptors (Lipinski definition) is 3. The van der Waals surface area contributed by atoms with Crippen LogP contribution in [-0.4, -0.2) is 20.9 Å². The first-order valence-corrected chi connectivity index (χ1v) is 5.05. The molecular weight excluding hydrogens is 182 g/mol. The second-order valence-corrected chi connectivity index (χ2v) is 3.75. The van der Waals surface area contributed by atoms with Crippen LogP contribution in [0.2, 0.25) is 0 Å². The number of ether oxygens (including phenoxy) is 1. The molecule has 78 valence electrons. The van der Waals surface area contributed by atoms with Crippen molar-refractivity contribution in [3.63, 3.8) is 0 Å². The third-order valence-electron chi connectivity index (χ3n) is 2.66. The molecule has 1 aliphatic rings. The molecule has 1 N–H and O–H groups in total. The average molecular weight is 197 g/mol. The Labute approximate surface area is 82.1 Å². The summed E-state index contributed by atoms with van der Waals surface area (Å²) in [5, 5.41) is 6.17. The van der Waals surface area contributed by atoms with E-state index in [4.69, 9.17) is 4.74 Å². The van der Waals surface area contributed by atoms with E-state index < -0.39 is 0 Å². The molecule has 0 aromatic carbocycles. The minimum atomic E-state index is -0.226. The van der Waals surface area contributed by atoms with Gasteiger partial charge in [0.2, 0.25) is 0 Å². The SMILES string of the molecule is Cn1c(OC2CCCCC2)n[nH]c1=O. The van der Waals surface area contributed by atoms with Crippen molar-refractivity contribution >= 4 is 0 Å². The molecule has 5 heteroatoms. The van der Waals surface area contributed by atoms with Crippen molar-refractivity contribution in [2.45, 2.75) is 38.2 Å². The molecule has 14 heavy (non-hydrogen) atoms. The summed E-state index contributed by atoms with van der Waals surface area (Å²) >= 11 is 0. The summed E-state index contributed by atoms with van der Waals surface area (Å²) < 4.78 is 7.02. The van der Waals surface area contributed by atoms with Gasteiger partial charge in [0.25, 0.3) is 0 Å². The Hall–Kier alpha value is -1.26. The van der Waals surface area contributed by atoms with E-state index >= 15 is 0 Å². The highest BCUT2D eigenvalue weighted by molar-refractivity contribution is 4.92. The van der Waals surface area contributed by atoms with Crippen molar-refractivity contribution < 1.29 is 4.74 Å². The molecule has 5 nitrogen and oxygen atoms in total. The zero-order valence-corrected chi connectivity index (χ0v) is 8.32. The lowest BCUT2D eigenvalue weighted by molar-refractivity contribution is 0.136. The van der Waals surface area contributed by atoms with E-state index in [1.54, 1.807) is 7.05 Å². The molecule has 0 atom stereocenters. The van der Waals surface area contributed by atoms with Crippen LogP contribution < -0.4 is 10.4 Å². The third kappa shape index (κ3) is 1.81. The van der Waals surface area contributed by atoms with Gasteiger partial charge in [0.1, 0.15) is 6.10 Å². The van der Waals surface area contributed by atoms with E-state index in [0.29, 0.717) is 6.01 Å². The summed E-state index contributed by atoms with van der Waals surface area (Å²) in [6.45, 7) is 0. The monoisotopic (exact) mass is 197 g/mol. The standard InChI is InChI=1S/C9H15N3O2/c1-12-8(13)10-11-9(12)14-7-5-3-2-4-6-7/h7H,2-6H2,1H3,(H,10,13). The minimum absolute atomic E-state index is 0.226. The minimum Gasteiger partial charge on any atom is -0.460 e. The first-order chi connectivity index (χ1) is 6.77. The number of nitrogens with one attached hydrogen (secondary N) is 1. The first kappa shape index (κ1) is 9.30. The predicted molar refractivity (Wildman–Crippen MR) is 51.3 cm³/mol. The number of nitrogens with zero attached hydrogens (tertiary/aromatic N) is 2. The van der Waals surface area contributed by atoms with E-state index in [0.717, 1.165) is 12.8 Å². The smallest absolute Gasteiger partial charge is 0.345 e. The normalized spacial score (nSPS) is 18.4. The van der Waals surface area contributed by atoms with Crippen LogP contribution >= 0.6 is 0 Å². The fourth-order valence-corrected chi connectivity index (χ4v) is 1.77. The van der Waals surface area contributed by atoms with Gasteiger partial charge in [-0.05, 0) is 25.7 Å². The van der Waals surface area contributed by atoms with Crippen LogP contribution in [0.3, 0.4) is 0 Å². The molecule has 0 spiro atoms. The van der Waals surface area contributed by atoms with E-state index in [1.165, 1.54) is 23.8 Å². The van der Waals surface area contributed by atoms with E-state index in [2.05, 4.69) is 10.2 Å². The molecule has 0 bridgehead atoms. The zero-order valence-electron chi connectivity index (χ0n) is 8.32. The lowest BCUT2D eigenvalue weighted by Gasteiger charge is -2.21. The van der Waals surface area contributed by atoms with Gasteiger partial charge >= 0.3 is 11.7 Å². The molecule has 0 aliphatic heterocycles. The number of hydrogen-bond donors (Lipinski definition) is 1. The molecule has 2 rings (SSSR count). The van der Waals surface area contributed by atoms with Crippen LogP contribution in [0.15, 0.2) is 4.79 Å². The number of aromatic amines is 1. The molecule has 1 fully saturated rings. The summed E-state index contributed by atoms with van der Waals surface area (Å²) in [5.41, 5.74) is -0.226. The van der Waals surface area contributed by atoms with Crippen LogP contribution in [0.5, 0.6) is 6.01 Å².